The third-order valence-electron chi connectivity index (χ3n) is 5.32. The summed E-state index contributed by atoms with van der Waals surface area (Å²) in [6, 6.07) is 8.97. The molecule has 2 saturated heterocycles. The van der Waals surface area contributed by atoms with Crippen LogP contribution in [0.3, 0.4) is 0 Å². The molecule has 1 aromatic rings. The minimum Gasteiger partial charge on any atom is -0.395 e. The van der Waals surface area contributed by atoms with Crippen molar-refractivity contribution in [1.29, 1.82) is 0 Å². The molecule has 0 radical (unpaired) electrons. The van der Waals surface area contributed by atoms with E-state index in [1.807, 2.05) is 18.7 Å². The predicted molar refractivity (Wildman–Crippen MR) is 103 cm³/mol. The topological polar surface area (TPSA) is 55.8 Å². The number of halogens is 1. The molecule has 2 aliphatic heterocycles. The maximum absolute atomic E-state index is 12.5. The number of nitrogens with one attached hydrogen (secondary N) is 1. The number of hydrogen-bond donors (Lipinski definition) is 2. The van der Waals surface area contributed by atoms with Crippen molar-refractivity contribution in [1.82, 2.24) is 15.1 Å². The summed E-state index contributed by atoms with van der Waals surface area (Å²) in [6.45, 7) is 6.67. The van der Waals surface area contributed by atoms with E-state index in [0.29, 0.717) is 0 Å². The van der Waals surface area contributed by atoms with E-state index in [1.54, 1.807) is 0 Å². The van der Waals surface area contributed by atoms with Crippen LogP contribution in [-0.2, 0) is 0 Å². The largest absolute Gasteiger partial charge is 0.395 e. The van der Waals surface area contributed by atoms with Crippen LogP contribution in [-0.4, -0.2) is 65.3 Å². The van der Waals surface area contributed by atoms with Crippen molar-refractivity contribution >= 4 is 22.0 Å². The Hall–Kier alpha value is -1.11. The second-order valence-electron chi connectivity index (χ2n) is 7.39. The number of fused-ring (bicyclic) bond motifs is 1. The first-order valence-corrected chi connectivity index (χ1v) is 9.98. The van der Waals surface area contributed by atoms with Crippen molar-refractivity contribution in [3.05, 3.63) is 34.3 Å². The van der Waals surface area contributed by atoms with Gasteiger partial charge >= 0.3 is 6.03 Å². The molecule has 138 valence electrons. The standard InChI is InChI=1S/C19H28BrN3O2/c1-13(2)21-19(25)22-9-3-4-10-23-16(11-22)18(17(23)12-24)14-5-7-15(20)8-6-14/h5-8,13,16-18,24H,3-4,9-12H2,1-2H3,(H,21,25)/t16-,17+,18+/m1/s1. The SMILES string of the molecule is CC(C)NC(=O)N1CCCCN2[C@H](C1)[C@H](c1ccc(Br)cc1)[C@@H]2CO. The average Bonchev–Trinajstić information content (AvgIpc) is 2.54. The van der Waals surface area contributed by atoms with Gasteiger partial charge in [-0.2, -0.15) is 0 Å². The predicted octanol–water partition coefficient (Wildman–Crippen LogP) is 2.79. The summed E-state index contributed by atoms with van der Waals surface area (Å²) in [6.07, 6.45) is 2.07. The highest BCUT2D eigenvalue weighted by Gasteiger charge is 2.49. The number of benzene rings is 1. The lowest BCUT2D eigenvalue weighted by Gasteiger charge is -2.57. The van der Waals surface area contributed by atoms with Gasteiger partial charge < -0.3 is 15.3 Å². The summed E-state index contributed by atoms with van der Waals surface area (Å²) in [4.78, 5) is 16.9. The molecule has 6 heteroatoms. The first-order chi connectivity index (χ1) is 12.0. The van der Waals surface area contributed by atoms with E-state index in [9.17, 15) is 9.90 Å². The van der Waals surface area contributed by atoms with E-state index in [1.165, 1.54) is 5.56 Å². The molecular formula is C19H28BrN3O2. The van der Waals surface area contributed by atoms with Gasteiger partial charge in [0.1, 0.15) is 0 Å². The molecular weight excluding hydrogens is 382 g/mol. The number of aliphatic hydroxyl groups excluding tert-OH is 1. The quantitative estimate of drug-likeness (QED) is 0.806. The number of rotatable bonds is 3. The lowest BCUT2D eigenvalue weighted by molar-refractivity contribution is -0.0591. The van der Waals surface area contributed by atoms with Crippen LogP contribution in [0.5, 0.6) is 0 Å². The van der Waals surface area contributed by atoms with Crippen LogP contribution < -0.4 is 5.32 Å². The molecule has 3 atom stereocenters. The monoisotopic (exact) mass is 409 g/mol. The molecule has 0 saturated carbocycles. The first kappa shape index (κ1) is 18.7. The summed E-state index contributed by atoms with van der Waals surface area (Å²) in [5.74, 6) is 0.269. The van der Waals surface area contributed by atoms with E-state index in [0.717, 1.165) is 36.9 Å². The Morgan fingerprint density at radius 1 is 1.28 bits per heavy atom. The molecule has 2 heterocycles. The molecule has 0 aliphatic carbocycles. The third-order valence-corrected chi connectivity index (χ3v) is 5.85. The van der Waals surface area contributed by atoms with Crippen LogP contribution in [0.1, 0.15) is 38.2 Å². The van der Waals surface area contributed by atoms with Gasteiger partial charge in [-0.3, -0.25) is 4.90 Å². The minimum absolute atomic E-state index is 0.0267. The summed E-state index contributed by atoms with van der Waals surface area (Å²) in [5, 5.41) is 12.9. The molecule has 25 heavy (non-hydrogen) atoms. The number of aliphatic hydroxyl groups is 1. The number of amides is 2. The van der Waals surface area contributed by atoms with Gasteiger partial charge in [-0.25, -0.2) is 4.79 Å². The van der Waals surface area contributed by atoms with Gasteiger partial charge in [0.05, 0.1) is 6.61 Å². The van der Waals surface area contributed by atoms with Gasteiger partial charge in [0.2, 0.25) is 0 Å². The maximum atomic E-state index is 12.5. The molecule has 2 aliphatic rings. The van der Waals surface area contributed by atoms with Crippen LogP contribution in [0.2, 0.25) is 0 Å². The van der Waals surface area contributed by atoms with Crippen molar-refractivity contribution in [3.63, 3.8) is 0 Å². The van der Waals surface area contributed by atoms with E-state index in [4.69, 9.17) is 0 Å². The van der Waals surface area contributed by atoms with E-state index >= 15 is 0 Å². The second kappa shape index (κ2) is 8.06. The van der Waals surface area contributed by atoms with Gasteiger partial charge in [0.25, 0.3) is 0 Å². The normalized spacial score (nSPS) is 27.2. The molecule has 3 rings (SSSR count). The Kier molecular flexibility index (Phi) is 6.02. The molecule has 2 N–H and O–H groups in total. The molecule has 5 nitrogen and oxygen atoms in total. The van der Waals surface area contributed by atoms with E-state index in [2.05, 4.69) is 50.4 Å². The van der Waals surface area contributed by atoms with E-state index in [-0.39, 0.29) is 36.7 Å². The molecule has 0 bridgehead atoms. The van der Waals surface area contributed by atoms with Crippen LogP contribution >= 0.6 is 15.9 Å². The van der Waals surface area contributed by atoms with Crippen LogP contribution in [0, 0.1) is 0 Å². The van der Waals surface area contributed by atoms with Gasteiger partial charge in [0, 0.05) is 41.6 Å². The minimum atomic E-state index is 0.0267. The highest BCUT2D eigenvalue weighted by Crippen LogP contribution is 2.42. The smallest absolute Gasteiger partial charge is 0.317 e. The molecule has 2 amide bonds. The van der Waals surface area contributed by atoms with Gasteiger partial charge in [-0.1, -0.05) is 28.1 Å². The first-order valence-electron chi connectivity index (χ1n) is 9.18. The molecule has 1 aromatic carbocycles. The van der Waals surface area contributed by atoms with Crippen molar-refractivity contribution in [2.45, 2.75) is 50.7 Å². The number of carbonyl (C=O) groups excluding carboxylic acids is 1. The average molecular weight is 410 g/mol. The Labute approximate surface area is 158 Å². The number of carbonyl (C=O) groups is 1. The zero-order valence-corrected chi connectivity index (χ0v) is 16.6. The molecule has 0 spiro atoms. The zero-order valence-electron chi connectivity index (χ0n) is 15.0. The summed E-state index contributed by atoms with van der Waals surface area (Å²) in [5.41, 5.74) is 1.24. The highest BCUT2D eigenvalue weighted by atomic mass is 79.9. The van der Waals surface area contributed by atoms with Crippen molar-refractivity contribution in [2.75, 3.05) is 26.2 Å². The lowest BCUT2D eigenvalue weighted by Crippen LogP contribution is -2.68. The number of nitrogens with zero attached hydrogens (tertiary/aromatic N) is 2. The van der Waals surface area contributed by atoms with Crippen molar-refractivity contribution < 1.29 is 9.90 Å². The fraction of sp³-hybridized carbons (Fsp3) is 0.632. The van der Waals surface area contributed by atoms with Crippen LogP contribution in [0.15, 0.2) is 28.7 Å². The van der Waals surface area contributed by atoms with Crippen LogP contribution in [0.4, 0.5) is 4.79 Å². The fourth-order valence-corrected chi connectivity index (χ4v) is 4.41. The maximum Gasteiger partial charge on any atom is 0.317 e. The zero-order chi connectivity index (χ0) is 18.0. The van der Waals surface area contributed by atoms with E-state index < -0.39 is 0 Å². The fourth-order valence-electron chi connectivity index (χ4n) is 4.15. The number of urea groups is 1. The van der Waals surface area contributed by atoms with Crippen LogP contribution in [0.25, 0.3) is 0 Å². The summed E-state index contributed by atoms with van der Waals surface area (Å²) >= 11 is 3.49. The number of hydrogen-bond acceptors (Lipinski definition) is 3. The Bertz CT molecular complexity index is 593. The third kappa shape index (κ3) is 4.01. The molecule has 2 fully saturated rings. The van der Waals surface area contributed by atoms with Crippen molar-refractivity contribution in [3.8, 4) is 0 Å². The van der Waals surface area contributed by atoms with Crippen molar-refractivity contribution in [2.24, 2.45) is 0 Å². The molecule has 0 unspecified atom stereocenters. The van der Waals surface area contributed by atoms with Gasteiger partial charge in [-0.05, 0) is 50.9 Å². The second-order valence-corrected chi connectivity index (χ2v) is 8.31. The summed E-state index contributed by atoms with van der Waals surface area (Å²) in [7, 11) is 0. The lowest BCUT2D eigenvalue weighted by atomic mass is 9.74. The highest BCUT2D eigenvalue weighted by molar-refractivity contribution is 9.10. The van der Waals surface area contributed by atoms with Gasteiger partial charge in [0.15, 0.2) is 0 Å². The Balaban J connectivity index is 1.80. The van der Waals surface area contributed by atoms with Gasteiger partial charge in [-0.15, -0.1) is 0 Å². The Morgan fingerprint density at radius 2 is 1.96 bits per heavy atom. The molecule has 0 aromatic heterocycles. The summed E-state index contributed by atoms with van der Waals surface area (Å²) < 4.78 is 1.06. The Morgan fingerprint density at radius 3 is 2.60 bits per heavy atom.